The maximum Gasteiger partial charge on any atom is 0.217 e. The summed E-state index contributed by atoms with van der Waals surface area (Å²) < 4.78 is 0. The third-order valence-corrected chi connectivity index (χ3v) is 9.03. The van der Waals surface area contributed by atoms with Crippen molar-refractivity contribution in [3.05, 3.63) is 12.2 Å². The normalized spacial score (nSPS) is 50.6. The van der Waals surface area contributed by atoms with Gasteiger partial charge in [-0.15, -0.1) is 0 Å². The first-order valence-electron chi connectivity index (χ1n) is 10.3. The van der Waals surface area contributed by atoms with Gasteiger partial charge in [-0.05, 0) is 92.3 Å². The Balaban J connectivity index is 1.54. The van der Waals surface area contributed by atoms with E-state index in [1.165, 1.54) is 57.8 Å². The number of nitrogens with one attached hydrogen (secondary N) is 1. The summed E-state index contributed by atoms with van der Waals surface area (Å²) in [6, 6.07) is 0.428. The van der Waals surface area contributed by atoms with Crippen LogP contribution in [0.25, 0.3) is 0 Å². The third-order valence-electron chi connectivity index (χ3n) is 9.03. The van der Waals surface area contributed by atoms with Crippen molar-refractivity contribution >= 4 is 5.91 Å². The van der Waals surface area contributed by atoms with E-state index in [1.807, 2.05) is 0 Å². The minimum atomic E-state index is 0.148. The fourth-order valence-electron chi connectivity index (χ4n) is 7.58. The molecule has 0 radical (unpaired) electrons. The Morgan fingerprint density at radius 1 is 1.08 bits per heavy atom. The molecule has 4 saturated carbocycles. The predicted octanol–water partition coefficient (Wildman–Crippen LogP) is 5.09. The molecular formula is C22H35NO. The molecular weight excluding hydrogens is 294 g/mol. The minimum absolute atomic E-state index is 0.148. The summed E-state index contributed by atoms with van der Waals surface area (Å²) in [5.74, 6) is 3.71. The highest BCUT2D eigenvalue weighted by molar-refractivity contribution is 5.73. The number of hydrogen-bond donors (Lipinski definition) is 1. The molecule has 0 unspecified atom stereocenters. The van der Waals surface area contributed by atoms with Gasteiger partial charge in [0, 0.05) is 13.0 Å². The Bertz CT molecular complexity index is 554. The van der Waals surface area contributed by atoms with Crippen molar-refractivity contribution in [2.45, 2.75) is 84.6 Å². The van der Waals surface area contributed by atoms with Gasteiger partial charge in [0.1, 0.15) is 0 Å². The van der Waals surface area contributed by atoms with Crippen molar-refractivity contribution in [3.63, 3.8) is 0 Å². The van der Waals surface area contributed by atoms with Gasteiger partial charge in [0.15, 0.2) is 0 Å². The molecule has 4 fully saturated rings. The Kier molecular flexibility index (Phi) is 3.89. The highest BCUT2D eigenvalue weighted by atomic mass is 16.1. The molecule has 0 aliphatic heterocycles. The number of carbonyl (C=O) groups is 1. The molecule has 7 atom stereocenters. The summed E-state index contributed by atoms with van der Waals surface area (Å²) in [6.07, 6.45) is 12.0. The van der Waals surface area contributed by atoms with E-state index in [4.69, 9.17) is 0 Å². The maximum absolute atomic E-state index is 11.5. The van der Waals surface area contributed by atoms with Crippen LogP contribution in [0.3, 0.4) is 0 Å². The van der Waals surface area contributed by atoms with Gasteiger partial charge in [-0.2, -0.15) is 0 Å². The molecule has 4 aliphatic carbocycles. The Morgan fingerprint density at radius 3 is 2.62 bits per heavy atom. The second kappa shape index (κ2) is 5.61. The second-order valence-electron chi connectivity index (χ2n) is 9.93. The van der Waals surface area contributed by atoms with E-state index in [9.17, 15) is 4.79 Å². The van der Waals surface area contributed by atoms with Crippen LogP contribution in [0, 0.1) is 34.5 Å². The number of rotatable bonds is 1. The number of allylic oxidation sites excluding steroid dienone is 1. The zero-order chi connectivity index (χ0) is 17.1. The zero-order valence-corrected chi connectivity index (χ0v) is 15.9. The Labute approximate surface area is 147 Å². The highest BCUT2D eigenvalue weighted by Crippen LogP contribution is 2.67. The first-order valence-corrected chi connectivity index (χ1v) is 10.3. The standard InChI is InChI=1S/C22H35NO/c1-14-5-8-19-18-7-6-16-13-17(23-15(2)24)9-11-22(16,4)20(18)10-12-21(14,19)3/h16-20H,1,5-13H2,2-4H3,(H,23,24)/t16-,17-,18-,19-,20-,21+,22+/m0/s1. The molecule has 1 amide bonds. The molecule has 0 saturated heterocycles. The van der Waals surface area contributed by atoms with Crippen LogP contribution in [0.5, 0.6) is 0 Å². The molecule has 4 rings (SSSR count). The van der Waals surface area contributed by atoms with Crippen LogP contribution in [0.1, 0.15) is 78.6 Å². The predicted molar refractivity (Wildman–Crippen MR) is 98.5 cm³/mol. The number of hydrogen-bond acceptors (Lipinski definition) is 1. The molecule has 0 aromatic carbocycles. The lowest BCUT2D eigenvalue weighted by Crippen LogP contribution is -2.54. The summed E-state index contributed by atoms with van der Waals surface area (Å²) in [4.78, 5) is 11.5. The van der Waals surface area contributed by atoms with Gasteiger partial charge in [-0.25, -0.2) is 0 Å². The molecule has 2 nitrogen and oxygen atoms in total. The second-order valence-corrected chi connectivity index (χ2v) is 9.93. The van der Waals surface area contributed by atoms with E-state index in [-0.39, 0.29) is 5.91 Å². The van der Waals surface area contributed by atoms with Crippen LogP contribution < -0.4 is 5.32 Å². The van der Waals surface area contributed by atoms with Crippen LogP contribution in [0.15, 0.2) is 12.2 Å². The SMILES string of the molecule is C=C1CC[C@H]2[C@@H]3CC[C@H]4C[C@@H](NC(C)=O)CC[C@@]4(C)[C@H]3CC[C@]12C. The number of fused-ring (bicyclic) bond motifs is 5. The molecule has 0 aromatic rings. The lowest BCUT2D eigenvalue weighted by Gasteiger charge is -2.60. The van der Waals surface area contributed by atoms with Crippen molar-refractivity contribution in [2.75, 3.05) is 0 Å². The highest BCUT2D eigenvalue weighted by Gasteiger charge is 2.58. The molecule has 0 heterocycles. The van der Waals surface area contributed by atoms with E-state index < -0.39 is 0 Å². The molecule has 4 aliphatic rings. The molecule has 134 valence electrons. The lowest BCUT2D eigenvalue weighted by molar-refractivity contribution is -0.123. The molecule has 0 aromatic heterocycles. The van der Waals surface area contributed by atoms with Gasteiger partial charge in [0.2, 0.25) is 5.91 Å². The number of carbonyl (C=O) groups excluding carboxylic acids is 1. The summed E-state index contributed by atoms with van der Waals surface area (Å²) in [7, 11) is 0. The van der Waals surface area contributed by atoms with E-state index in [0.717, 1.165) is 23.7 Å². The number of amides is 1. The van der Waals surface area contributed by atoms with Crippen molar-refractivity contribution in [1.82, 2.24) is 5.32 Å². The van der Waals surface area contributed by atoms with Crippen LogP contribution in [-0.2, 0) is 4.79 Å². The molecule has 0 spiro atoms. The van der Waals surface area contributed by atoms with Crippen molar-refractivity contribution in [3.8, 4) is 0 Å². The van der Waals surface area contributed by atoms with Crippen LogP contribution in [-0.4, -0.2) is 11.9 Å². The van der Waals surface area contributed by atoms with E-state index >= 15 is 0 Å². The largest absolute Gasteiger partial charge is 0.354 e. The Morgan fingerprint density at radius 2 is 1.88 bits per heavy atom. The first-order chi connectivity index (χ1) is 11.3. The summed E-state index contributed by atoms with van der Waals surface area (Å²) >= 11 is 0. The molecule has 0 bridgehead atoms. The summed E-state index contributed by atoms with van der Waals surface area (Å²) in [5.41, 5.74) is 2.51. The smallest absolute Gasteiger partial charge is 0.217 e. The lowest BCUT2D eigenvalue weighted by atomic mass is 9.45. The quantitative estimate of drug-likeness (QED) is 0.667. The summed E-state index contributed by atoms with van der Waals surface area (Å²) in [6.45, 7) is 11.2. The molecule has 2 heteroatoms. The van der Waals surface area contributed by atoms with Crippen LogP contribution in [0.2, 0.25) is 0 Å². The zero-order valence-electron chi connectivity index (χ0n) is 15.9. The van der Waals surface area contributed by atoms with Crippen LogP contribution >= 0.6 is 0 Å². The fourth-order valence-corrected chi connectivity index (χ4v) is 7.58. The first kappa shape index (κ1) is 16.7. The van der Waals surface area contributed by atoms with Gasteiger partial charge in [-0.1, -0.05) is 26.0 Å². The molecule has 24 heavy (non-hydrogen) atoms. The third kappa shape index (κ3) is 2.31. The van der Waals surface area contributed by atoms with Gasteiger partial charge in [-0.3, -0.25) is 4.79 Å². The van der Waals surface area contributed by atoms with Gasteiger partial charge < -0.3 is 5.32 Å². The fraction of sp³-hybridized carbons (Fsp3) is 0.864. The topological polar surface area (TPSA) is 29.1 Å². The maximum atomic E-state index is 11.5. The van der Waals surface area contributed by atoms with Crippen molar-refractivity contribution < 1.29 is 4.79 Å². The minimum Gasteiger partial charge on any atom is -0.354 e. The summed E-state index contributed by atoms with van der Waals surface area (Å²) in [5, 5.41) is 3.20. The van der Waals surface area contributed by atoms with Crippen LogP contribution in [0.4, 0.5) is 0 Å². The average molecular weight is 330 g/mol. The van der Waals surface area contributed by atoms with Gasteiger partial charge in [0.25, 0.3) is 0 Å². The van der Waals surface area contributed by atoms with E-state index in [1.54, 1.807) is 12.5 Å². The van der Waals surface area contributed by atoms with E-state index in [0.29, 0.717) is 16.9 Å². The Hall–Kier alpha value is -0.790. The van der Waals surface area contributed by atoms with Crippen molar-refractivity contribution in [1.29, 1.82) is 0 Å². The van der Waals surface area contributed by atoms with Gasteiger partial charge in [0.05, 0.1) is 0 Å². The molecule has 1 N–H and O–H groups in total. The van der Waals surface area contributed by atoms with Crippen molar-refractivity contribution in [2.24, 2.45) is 34.5 Å². The van der Waals surface area contributed by atoms with Gasteiger partial charge >= 0.3 is 0 Å². The average Bonchev–Trinajstić information content (AvgIpc) is 2.83. The van der Waals surface area contributed by atoms with E-state index in [2.05, 4.69) is 25.7 Å². The monoisotopic (exact) mass is 329 g/mol.